The van der Waals surface area contributed by atoms with Gasteiger partial charge in [-0.1, -0.05) is 25.1 Å². The third kappa shape index (κ3) is 3.35. The van der Waals surface area contributed by atoms with Crippen molar-refractivity contribution in [3.8, 4) is 0 Å². The third-order valence-corrected chi connectivity index (χ3v) is 4.15. The van der Waals surface area contributed by atoms with E-state index in [1.54, 1.807) is 7.05 Å². The summed E-state index contributed by atoms with van der Waals surface area (Å²) in [5.74, 6) is 1.14. The molecule has 0 atom stereocenters. The molecule has 0 aliphatic carbocycles. The van der Waals surface area contributed by atoms with Crippen molar-refractivity contribution in [2.24, 2.45) is 0 Å². The van der Waals surface area contributed by atoms with Gasteiger partial charge in [0.25, 0.3) is 0 Å². The van der Waals surface area contributed by atoms with E-state index in [1.807, 2.05) is 18.3 Å². The molecule has 0 aliphatic rings. The Morgan fingerprint density at radius 1 is 1.17 bits per heavy atom. The minimum atomic E-state index is 0.693. The Morgan fingerprint density at radius 2 is 2.00 bits per heavy atom. The van der Waals surface area contributed by atoms with E-state index >= 15 is 0 Å². The number of para-hydroxylation sites is 1. The van der Waals surface area contributed by atoms with E-state index in [2.05, 4.69) is 28.6 Å². The second kappa shape index (κ2) is 7.06. The molecule has 0 saturated carbocycles. The van der Waals surface area contributed by atoms with E-state index < -0.39 is 0 Å². The molecule has 0 spiro atoms. The fourth-order valence-electron chi connectivity index (χ4n) is 3.08. The smallest absolute Gasteiger partial charge is 0.109 e. The molecule has 2 heterocycles. The van der Waals surface area contributed by atoms with Crippen LogP contribution in [-0.2, 0) is 13.0 Å². The van der Waals surface area contributed by atoms with E-state index in [4.69, 9.17) is 4.98 Å². The molecule has 0 radical (unpaired) electrons. The molecule has 1 aromatic carbocycles. The van der Waals surface area contributed by atoms with Crippen molar-refractivity contribution in [2.45, 2.75) is 39.2 Å². The number of nitrogens with zero attached hydrogens (tertiary/aromatic N) is 4. The van der Waals surface area contributed by atoms with Gasteiger partial charge in [-0.15, -0.1) is 0 Å². The molecule has 0 bridgehead atoms. The van der Waals surface area contributed by atoms with E-state index in [9.17, 15) is 5.21 Å². The van der Waals surface area contributed by atoms with E-state index in [-0.39, 0.29) is 0 Å². The number of fused-ring (bicyclic) bond motifs is 3. The molecule has 0 unspecified atom stereocenters. The van der Waals surface area contributed by atoms with E-state index in [0.29, 0.717) is 6.54 Å². The summed E-state index contributed by atoms with van der Waals surface area (Å²) in [4.78, 5) is 9.34. The Balaban J connectivity index is 2.00. The molecule has 1 N–H and O–H groups in total. The number of hydrogen-bond donors (Lipinski definition) is 1. The standard InChI is InChI=1S/C18H24N4O/c1-3-8-17-20-16-13-19-15-10-5-4-9-14(15)18(16)22(17)12-7-6-11-21(2)23/h4-5,9-10,13,23H,3,6-8,11-12H2,1-2H3. The maximum absolute atomic E-state index is 9.27. The molecule has 0 fully saturated rings. The lowest BCUT2D eigenvalue weighted by Crippen LogP contribution is -2.14. The van der Waals surface area contributed by atoms with Gasteiger partial charge in [0.15, 0.2) is 0 Å². The topological polar surface area (TPSA) is 54.2 Å². The molecule has 0 saturated heterocycles. The van der Waals surface area contributed by atoms with Gasteiger partial charge < -0.3 is 9.77 Å². The lowest BCUT2D eigenvalue weighted by Gasteiger charge is -2.11. The molecular formula is C18H24N4O. The summed E-state index contributed by atoms with van der Waals surface area (Å²) in [6, 6.07) is 8.25. The summed E-state index contributed by atoms with van der Waals surface area (Å²) in [6.07, 6.45) is 5.91. The number of benzene rings is 1. The molecule has 0 amide bonds. The Labute approximate surface area is 136 Å². The highest BCUT2D eigenvalue weighted by molar-refractivity contribution is 6.02. The summed E-state index contributed by atoms with van der Waals surface area (Å²) in [5.41, 5.74) is 3.18. The first-order chi connectivity index (χ1) is 11.2. The van der Waals surface area contributed by atoms with Gasteiger partial charge in [0.1, 0.15) is 11.3 Å². The second-order valence-electron chi connectivity index (χ2n) is 6.03. The van der Waals surface area contributed by atoms with Gasteiger partial charge in [0.05, 0.1) is 17.2 Å². The predicted octanol–water partition coefficient (Wildman–Crippen LogP) is 3.64. The zero-order valence-corrected chi connectivity index (χ0v) is 13.9. The minimum absolute atomic E-state index is 0.693. The van der Waals surface area contributed by atoms with Crippen LogP contribution < -0.4 is 0 Å². The highest BCUT2D eigenvalue weighted by atomic mass is 16.5. The lowest BCUT2D eigenvalue weighted by atomic mass is 10.2. The average Bonchev–Trinajstić information content (AvgIpc) is 2.90. The predicted molar refractivity (Wildman–Crippen MR) is 92.7 cm³/mol. The molecule has 3 aromatic rings. The first kappa shape index (κ1) is 15.9. The summed E-state index contributed by atoms with van der Waals surface area (Å²) in [6.45, 7) is 3.80. The number of unbranched alkanes of at least 4 members (excludes halogenated alkanes) is 1. The normalized spacial score (nSPS) is 11.8. The fourth-order valence-corrected chi connectivity index (χ4v) is 3.08. The third-order valence-electron chi connectivity index (χ3n) is 4.15. The van der Waals surface area contributed by atoms with E-state index in [1.165, 1.54) is 16.0 Å². The molecule has 5 heteroatoms. The lowest BCUT2D eigenvalue weighted by molar-refractivity contribution is -0.0656. The second-order valence-corrected chi connectivity index (χ2v) is 6.03. The molecule has 3 rings (SSSR count). The summed E-state index contributed by atoms with van der Waals surface area (Å²) < 4.78 is 2.35. The maximum Gasteiger partial charge on any atom is 0.109 e. The minimum Gasteiger partial charge on any atom is -0.327 e. The van der Waals surface area contributed by atoms with Crippen LogP contribution in [0.4, 0.5) is 0 Å². The fraction of sp³-hybridized carbons (Fsp3) is 0.444. The number of pyridine rings is 1. The van der Waals surface area contributed by atoms with Gasteiger partial charge in [-0.25, -0.2) is 4.98 Å². The highest BCUT2D eigenvalue weighted by Gasteiger charge is 2.13. The SMILES string of the molecule is CCCc1nc2cnc3ccccc3c2n1CCCCN(C)O. The van der Waals surface area contributed by atoms with Crippen molar-refractivity contribution < 1.29 is 5.21 Å². The molecule has 2 aromatic heterocycles. The van der Waals surface area contributed by atoms with Gasteiger partial charge in [-0.3, -0.25) is 4.98 Å². The zero-order valence-electron chi connectivity index (χ0n) is 13.9. The van der Waals surface area contributed by atoms with Crippen molar-refractivity contribution >= 4 is 21.9 Å². The van der Waals surface area contributed by atoms with Crippen LogP contribution in [0.15, 0.2) is 30.5 Å². The van der Waals surface area contributed by atoms with Gasteiger partial charge >= 0.3 is 0 Å². The molecular weight excluding hydrogens is 288 g/mol. The van der Waals surface area contributed by atoms with Crippen molar-refractivity contribution in [2.75, 3.05) is 13.6 Å². The Kier molecular flexibility index (Phi) is 4.88. The van der Waals surface area contributed by atoms with E-state index in [0.717, 1.165) is 49.1 Å². The molecule has 0 aliphatic heterocycles. The highest BCUT2D eigenvalue weighted by Crippen LogP contribution is 2.25. The average molecular weight is 312 g/mol. The number of aromatic nitrogens is 3. The molecule has 23 heavy (non-hydrogen) atoms. The van der Waals surface area contributed by atoms with Crippen molar-refractivity contribution in [1.29, 1.82) is 0 Å². The number of imidazole rings is 1. The van der Waals surface area contributed by atoms with Crippen molar-refractivity contribution in [3.63, 3.8) is 0 Å². The van der Waals surface area contributed by atoms with Crippen LogP contribution in [0.25, 0.3) is 21.9 Å². The molecule has 5 nitrogen and oxygen atoms in total. The Bertz CT molecular complexity index is 794. The van der Waals surface area contributed by atoms with Gasteiger partial charge in [-0.2, -0.15) is 5.06 Å². The van der Waals surface area contributed by atoms with Crippen LogP contribution in [0.3, 0.4) is 0 Å². The van der Waals surface area contributed by atoms with Gasteiger partial charge in [0, 0.05) is 31.9 Å². The van der Waals surface area contributed by atoms with Gasteiger partial charge in [0.2, 0.25) is 0 Å². The number of aryl methyl sites for hydroxylation is 2. The zero-order chi connectivity index (χ0) is 16.2. The largest absolute Gasteiger partial charge is 0.327 e. The van der Waals surface area contributed by atoms with Crippen LogP contribution in [-0.4, -0.2) is 38.4 Å². The summed E-state index contributed by atoms with van der Waals surface area (Å²) in [7, 11) is 1.69. The van der Waals surface area contributed by atoms with Crippen molar-refractivity contribution in [3.05, 3.63) is 36.3 Å². The number of hydroxylamine groups is 2. The summed E-state index contributed by atoms with van der Waals surface area (Å²) in [5, 5.41) is 11.7. The van der Waals surface area contributed by atoms with Crippen LogP contribution in [0.2, 0.25) is 0 Å². The first-order valence-corrected chi connectivity index (χ1v) is 8.33. The van der Waals surface area contributed by atoms with Crippen molar-refractivity contribution in [1.82, 2.24) is 19.6 Å². The quantitative estimate of drug-likeness (QED) is 0.534. The number of hydrogen-bond acceptors (Lipinski definition) is 4. The number of rotatable bonds is 7. The maximum atomic E-state index is 9.27. The van der Waals surface area contributed by atoms with Crippen LogP contribution in [0.1, 0.15) is 32.0 Å². The van der Waals surface area contributed by atoms with Crippen LogP contribution >= 0.6 is 0 Å². The van der Waals surface area contributed by atoms with Crippen LogP contribution in [0.5, 0.6) is 0 Å². The van der Waals surface area contributed by atoms with Gasteiger partial charge in [-0.05, 0) is 25.3 Å². The summed E-state index contributed by atoms with van der Waals surface area (Å²) >= 11 is 0. The monoisotopic (exact) mass is 312 g/mol. The Hall–Kier alpha value is -1.98. The first-order valence-electron chi connectivity index (χ1n) is 8.33. The Morgan fingerprint density at radius 3 is 2.78 bits per heavy atom. The molecule has 122 valence electrons. The van der Waals surface area contributed by atoms with Crippen LogP contribution in [0, 0.1) is 0 Å².